The molecule has 0 bridgehead atoms. The third-order valence-electron chi connectivity index (χ3n) is 0. The SMILES string of the molecule is [Ag].[C-]#N.[Fe]. The molecule has 0 aromatic heterocycles. The van der Waals surface area contributed by atoms with Gasteiger partial charge in [-0.3, -0.25) is 0 Å². The minimum atomic E-state index is 0. The van der Waals surface area contributed by atoms with Crippen molar-refractivity contribution in [2.45, 2.75) is 0 Å². The second kappa shape index (κ2) is 50.4. The largest absolute Gasteiger partial charge is 0.512 e. The van der Waals surface area contributed by atoms with Crippen LogP contribution in [-0.4, -0.2) is 0 Å². The molecule has 0 saturated heterocycles. The van der Waals surface area contributed by atoms with Crippen LogP contribution in [0.5, 0.6) is 0 Å². The maximum atomic E-state index is 6.25. The van der Waals surface area contributed by atoms with Crippen LogP contribution >= 0.6 is 0 Å². The molecule has 0 atom stereocenters. The van der Waals surface area contributed by atoms with E-state index < -0.39 is 0 Å². The molecule has 0 unspecified atom stereocenters. The second-order valence-corrected chi connectivity index (χ2v) is 0. The fourth-order valence-corrected chi connectivity index (χ4v) is 0. The summed E-state index contributed by atoms with van der Waals surface area (Å²) in [5.41, 5.74) is 0. The van der Waals surface area contributed by atoms with Gasteiger partial charge >= 0.3 is 0 Å². The molecule has 0 aromatic rings. The molecule has 0 fully saturated rings. The van der Waals surface area contributed by atoms with Crippen molar-refractivity contribution in [3.8, 4) is 0 Å². The Balaban J connectivity index is -0.00000000500. The minimum absolute atomic E-state index is 0. The van der Waals surface area contributed by atoms with Gasteiger partial charge in [-0.2, -0.15) is 0 Å². The fraction of sp³-hybridized carbons (Fsp3) is 0. The van der Waals surface area contributed by atoms with E-state index in [2.05, 4.69) is 0 Å². The minimum Gasteiger partial charge on any atom is -0.512 e. The standard InChI is InChI=1S/CN.Ag.Fe/c1-2;;/q-1;;. The molecular weight excluding hydrogens is 190 g/mol. The van der Waals surface area contributed by atoms with E-state index in [4.69, 9.17) is 11.8 Å². The number of hydrogen-bond acceptors (Lipinski definition) is 1. The van der Waals surface area contributed by atoms with Crippen molar-refractivity contribution >= 4 is 0 Å². The molecule has 29 valence electrons. The first-order chi connectivity index (χ1) is 1.00. The van der Waals surface area contributed by atoms with Crippen molar-refractivity contribution in [3.05, 3.63) is 6.57 Å². The normalized spacial score (nSPS) is 0.500. The molecule has 0 aliphatic rings. The molecule has 0 amide bonds. The molecule has 0 aliphatic heterocycles. The van der Waals surface area contributed by atoms with Crippen LogP contribution in [-0.2, 0) is 39.4 Å². The Morgan fingerprint density at radius 2 is 1.25 bits per heavy atom. The quantitative estimate of drug-likeness (QED) is 0.392. The first-order valence-electron chi connectivity index (χ1n) is 0.224. The Hall–Kier alpha value is 0.750. The van der Waals surface area contributed by atoms with Gasteiger partial charge in [0, 0.05) is 39.4 Å². The van der Waals surface area contributed by atoms with Gasteiger partial charge in [0.25, 0.3) is 0 Å². The average molecular weight is 190 g/mol. The van der Waals surface area contributed by atoms with Crippen LogP contribution in [0.3, 0.4) is 0 Å². The molecule has 0 aliphatic carbocycles. The second-order valence-electron chi connectivity index (χ2n) is 0. The topological polar surface area (TPSA) is 23.8 Å². The molecule has 4 heavy (non-hydrogen) atoms. The summed E-state index contributed by atoms with van der Waals surface area (Å²) in [5.74, 6) is 0. The van der Waals surface area contributed by atoms with Gasteiger partial charge in [-0.05, 0) is 0 Å². The molecule has 0 rings (SSSR count). The van der Waals surface area contributed by atoms with Gasteiger partial charge in [-0.25, -0.2) is 0 Å². The van der Waals surface area contributed by atoms with E-state index in [1.807, 2.05) is 0 Å². The van der Waals surface area contributed by atoms with Crippen LogP contribution in [0.25, 0.3) is 0 Å². The van der Waals surface area contributed by atoms with E-state index >= 15 is 0 Å². The predicted octanol–water partition coefficient (Wildman–Crippen LogP) is 0.0914. The van der Waals surface area contributed by atoms with E-state index in [-0.39, 0.29) is 39.4 Å². The third-order valence-corrected chi connectivity index (χ3v) is 0. The Bertz CT molecular complexity index is 12.8. The number of hydrogen-bond donors (Lipinski definition) is 0. The zero-order valence-corrected chi connectivity index (χ0v) is 4.19. The molecule has 1 nitrogen and oxygen atoms in total. The summed E-state index contributed by atoms with van der Waals surface area (Å²) in [6.07, 6.45) is 0. The Morgan fingerprint density at radius 1 is 1.25 bits per heavy atom. The summed E-state index contributed by atoms with van der Waals surface area (Å²) in [4.78, 5) is 0. The van der Waals surface area contributed by atoms with Crippen molar-refractivity contribution in [1.29, 1.82) is 5.26 Å². The molecule has 0 N–H and O–H groups in total. The van der Waals surface area contributed by atoms with Crippen LogP contribution in [0.2, 0.25) is 0 Å². The Morgan fingerprint density at radius 3 is 1.25 bits per heavy atom. The molecule has 0 spiro atoms. The fourth-order valence-electron chi connectivity index (χ4n) is 0. The van der Waals surface area contributed by atoms with Crippen molar-refractivity contribution in [3.63, 3.8) is 0 Å². The summed E-state index contributed by atoms with van der Waals surface area (Å²) in [5, 5.41) is 6.25. The average Bonchev–Trinajstić information content (AvgIpc) is 1.00. The van der Waals surface area contributed by atoms with Crippen LogP contribution < -0.4 is 0 Å². The zero-order chi connectivity index (χ0) is 2.00. The third kappa shape index (κ3) is 15.0. The van der Waals surface area contributed by atoms with Gasteiger partial charge in [0.05, 0.1) is 0 Å². The maximum Gasteiger partial charge on any atom is 0 e. The summed E-state index contributed by atoms with van der Waals surface area (Å²) < 4.78 is 0. The predicted molar refractivity (Wildman–Crippen MR) is 4.97 cm³/mol. The molecular formula is CAgFeN-. The van der Waals surface area contributed by atoms with Crippen LogP contribution in [0.15, 0.2) is 0 Å². The van der Waals surface area contributed by atoms with Gasteiger partial charge in [0.15, 0.2) is 0 Å². The number of nitrogens with zero attached hydrogens (tertiary/aromatic N) is 1. The van der Waals surface area contributed by atoms with Gasteiger partial charge < -0.3 is 11.8 Å². The van der Waals surface area contributed by atoms with Crippen molar-refractivity contribution in [2.24, 2.45) is 0 Å². The molecule has 1 radical (unpaired) electrons. The van der Waals surface area contributed by atoms with Crippen molar-refractivity contribution in [1.82, 2.24) is 0 Å². The molecule has 0 heterocycles. The van der Waals surface area contributed by atoms with Crippen molar-refractivity contribution < 1.29 is 39.4 Å². The number of rotatable bonds is 0. The van der Waals surface area contributed by atoms with E-state index in [1.54, 1.807) is 0 Å². The molecule has 0 aromatic carbocycles. The molecule has 3 heteroatoms. The van der Waals surface area contributed by atoms with Crippen LogP contribution in [0.4, 0.5) is 0 Å². The summed E-state index contributed by atoms with van der Waals surface area (Å²) in [6.45, 7) is 4.75. The van der Waals surface area contributed by atoms with Gasteiger partial charge in [0.1, 0.15) is 0 Å². The Labute approximate surface area is 51.4 Å². The van der Waals surface area contributed by atoms with E-state index in [1.165, 1.54) is 0 Å². The monoisotopic (exact) mass is 189 g/mol. The summed E-state index contributed by atoms with van der Waals surface area (Å²) in [6, 6.07) is 0. The first-order valence-corrected chi connectivity index (χ1v) is 0.224. The van der Waals surface area contributed by atoms with Gasteiger partial charge in [0.2, 0.25) is 0 Å². The van der Waals surface area contributed by atoms with Crippen molar-refractivity contribution in [2.75, 3.05) is 0 Å². The maximum absolute atomic E-state index is 6.25. The Kier molecular flexibility index (Phi) is 275. The van der Waals surface area contributed by atoms with Crippen LogP contribution in [0.1, 0.15) is 0 Å². The van der Waals surface area contributed by atoms with E-state index in [0.29, 0.717) is 0 Å². The summed E-state index contributed by atoms with van der Waals surface area (Å²) in [7, 11) is 0. The smallest absolute Gasteiger partial charge is 0 e. The molecule has 0 saturated carbocycles. The first kappa shape index (κ1) is 21.8. The van der Waals surface area contributed by atoms with Crippen LogP contribution in [0, 0.1) is 11.8 Å². The van der Waals surface area contributed by atoms with E-state index in [0.717, 1.165) is 0 Å². The van der Waals surface area contributed by atoms with Gasteiger partial charge in [-0.15, -0.1) is 0 Å². The zero-order valence-electron chi connectivity index (χ0n) is 1.60. The van der Waals surface area contributed by atoms with E-state index in [9.17, 15) is 0 Å². The summed E-state index contributed by atoms with van der Waals surface area (Å²) >= 11 is 0. The van der Waals surface area contributed by atoms with Gasteiger partial charge in [-0.1, -0.05) is 0 Å².